The third-order valence-corrected chi connectivity index (χ3v) is 12.4. The summed E-state index contributed by atoms with van der Waals surface area (Å²) in [5.74, 6) is -0.970. The molecule has 0 aromatic heterocycles. The molecule has 0 amide bonds. The van der Waals surface area contributed by atoms with Crippen LogP contribution in [0.25, 0.3) is 54.9 Å². The number of carbonyl (C=O) groups is 2. The van der Waals surface area contributed by atoms with Crippen LogP contribution in [0.5, 0.6) is 0 Å². The average molecular weight is 787 g/mol. The molecule has 302 valence electrons. The van der Waals surface area contributed by atoms with Gasteiger partial charge in [0.1, 0.15) is 0 Å². The second-order valence-corrected chi connectivity index (χ2v) is 21.0. The second-order valence-electron chi connectivity index (χ2n) is 21.0. The molecule has 0 bridgehead atoms. The molecule has 0 heterocycles. The Morgan fingerprint density at radius 3 is 0.817 bits per heavy atom. The summed E-state index contributed by atoms with van der Waals surface area (Å²) in [6.45, 7) is 27.0. The topological polar surface area (TPSA) is 34.1 Å². The molecule has 0 unspecified atom stereocenters. The molecular formula is C58H58O2. The Morgan fingerprint density at radius 1 is 0.300 bits per heavy atom. The Morgan fingerprint density at radius 2 is 0.550 bits per heavy atom. The number of rotatable bonds is 4. The van der Waals surface area contributed by atoms with Crippen molar-refractivity contribution in [3.8, 4) is 22.3 Å². The molecule has 8 rings (SSSR count). The lowest BCUT2D eigenvalue weighted by Crippen LogP contribution is -2.41. The van der Waals surface area contributed by atoms with Crippen molar-refractivity contribution in [2.75, 3.05) is 0 Å². The standard InChI is InChI=1S/C58H58O2/c1-55(2,3)41-25-39(26-42(33-41)56(4,5)6)47-29-35-19-13-15-21-37(35)31-49(47)51-45-23-17-18-24-46(45)52(54(60)53(51)59)50-32-38-22-16-14-20-36(38)30-48(50)40-27-43(57(7,8)9)34-44(28-40)58(10,11)12/h13-34H,1-12H3. The fraction of sp³-hybridized carbons (Fsp3) is 0.276. The molecule has 7 aromatic rings. The number of carbonyl (C=O) groups excluding carboxylic acids is 2. The lowest BCUT2D eigenvalue weighted by atomic mass is 9.76. The van der Waals surface area contributed by atoms with Gasteiger partial charge in [-0.25, -0.2) is 0 Å². The van der Waals surface area contributed by atoms with Gasteiger partial charge in [0.15, 0.2) is 0 Å². The van der Waals surface area contributed by atoms with Crippen molar-refractivity contribution in [1.29, 1.82) is 0 Å². The van der Waals surface area contributed by atoms with E-state index in [9.17, 15) is 0 Å². The van der Waals surface area contributed by atoms with Crippen LogP contribution in [-0.4, -0.2) is 11.6 Å². The zero-order valence-electron chi connectivity index (χ0n) is 37.5. The molecule has 2 heteroatoms. The first kappa shape index (κ1) is 40.9. The first-order valence-electron chi connectivity index (χ1n) is 21.4. The lowest BCUT2D eigenvalue weighted by Gasteiger charge is -2.27. The summed E-state index contributed by atoms with van der Waals surface area (Å²) in [5.41, 5.74) is 10.9. The van der Waals surface area contributed by atoms with E-state index in [-0.39, 0.29) is 21.7 Å². The van der Waals surface area contributed by atoms with Crippen molar-refractivity contribution < 1.29 is 9.59 Å². The van der Waals surface area contributed by atoms with Crippen molar-refractivity contribution in [2.45, 2.75) is 105 Å². The van der Waals surface area contributed by atoms with Gasteiger partial charge in [0.25, 0.3) is 0 Å². The molecule has 2 nitrogen and oxygen atoms in total. The number of hydrogen-bond acceptors (Lipinski definition) is 2. The summed E-state index contributed by atoms with van der Waals surface area (Å²) < 4.78 is 0. The highest BCUT2D eigenvalue weighted by atomic mass is 16.2. The summed E-state index contributed by atoms with van der Waals surface area (Å²) in [4.78, 5) is 30.6. The maximum atomic E-state index is 15.3. The summed E-state index contributed by atoms with van der Waals surface area (Å²) in [6, 6.07) is 47.1. The molecule has 0 aliphatic heterocycles. The van der Waals surface area contributed by atoms with Gasteiger partial charge in [0, 0.05) is 11.1 Å². The van der Waals surface area contributed by atoms with E-state index in [0.29, 0.717) is 11.1 Å². The zero-order chi connectivity index (χ0) is 43.1. The van der Waals surface area contributed by atoms with Gasteiger partial charge in [-0.15, -0.1) is 0 Å². The van der Waals surface area contributed by atoms with Crippen molar-refractivity contribution in [2.24, 2.45) is 0 Å². The Kier molecular flexibility index (Phi) is 9.82. The Bertz CT molecular complexity index is 2760. The van der Waals surface area contributed by atoms with Crippen LogP contribution in [0.15, 0.2) is 133 Å². The van der Waals surface area contributed by atoms with E-state index in [0.717, 1.165) is 65.4 Å². The molecule has 0 saturated carbocycles. The minimum atomic E-state index is -0.485. The molecule has 0 radical (unpaired) electrons. The van der Waals surface area contributed by atoms with Gasteiger partial charge in [-0.1, -0.05) is 192 Å². The van der Waals surface area contributed by atoms with Gasteiger partial charge in [-0.2, -0.15) is 0 Å². The molecule has 0 spiro atoms. The summed E-state index contributed by atoms with van der Waals surface area (Å²) in [7, 11) is 0. The Labute approximate surface area is 356 Å². The molecule has 0 fully saturated rings. The predicted octanol–water partition coefficient (Wildman–Crippen LogP) is 13.1. The summed E-state index contributed by atoms with van der Waals surface area (Å²) in [5, 5.41) is 5.75. The second kappa shape index (κ2) is 14.4. The maximum Gasteiger partial charge on any atom is 0.234 e. The van der Waals surface area contributed by atoms with Crippen LogP contribution in [-0.2, 0) is 31.2 Å². The molecule has 7 aromatic carbocycles. The van der Waals surface area contributed by atoms with Gasteiger partial charge in [0.2, 0.25) is 11.6 Å². The number of benzene rings is 7. The minimum Gasteiger partial charge on any atom is -0.285 e. The van der Waals surface area contributed by atoms with Gasteiger partial charge in [-0.05, 0) is 134 Å². The zero-order valence-corrected chi connectivity index (χ0v) is 37.5. The van der Waals surface area contributed by atoms with Crippen molar-refractivity contribution in [3.05, 3.63) is 177 Å². The van der Waals surface area contributed by atoms with Gasteiger partial charge in [-0.3, -0.25) is 9.59 Å². The van der Waals surface area contributed by atoms with Crippen LogP contribution in [0.2, 0.25) is 0 Å². The fourth-order valence-electron chi connectivity index (χ4n) is 8.60. The highest BCUT2D eigenvalue weighted by Gasteiger charge is 2.34. The first-order valence-corrected chi connectivity index (χ1v) is 21.4. The SMILES string of the molecule is CC(C)(C)c1cc(-c2cc3ccccc3cc2C2=c3ccccc3=C(c3cc4ccccc4cc3-c3cc(C(C)(C)C)cc(C(C)(C)C)c3)C(=O)C2=O)cc(C(C)(C)C)c1. The van der Waals surface area contributed by atoms with Gasteiger partial charge in [0.05, 0.1) is 0 Å². The first-order chi connectivity index (χ1) is 28.1. The van der Waals surface area contributed by atoms with Crippen LogP contribution in [0, 0.1) is 0 Å². The molecule has 1 aliphatic carbocycles. The molecule has 1 aliphatic rings. The third-order valence-electron chi connectivity index (χ3n) is 12.4. The Hall–Kier alpha value is -5.86. The van der Waals surface area contributed by atoms with E-state index in [1.807, 2.05) is 36.4 Å². The van der Waals surface area contributed by atoms with E-state index in [4.69, 9.17) is 0 Å². The normalized spacial score (nSPS) is 14.0. The molecule has 60 heavy (non-hydrogen) atoms. The number of fused-ring (bicyclic) bond motifs is 3. The van der Waals surface area contributed by atoms with Gasteiger partial charge < -0.3 is 0 Å². The number of Topliss-reactive ketones (excluding diaryl/α,β-unsaturated/α-hetero) is 2. The van der Waals surface area contributed by atoms with E-state index in [2.05, 4.69) is 180 Å². The molecular weight excluding hydrogens is 729 g/mol. The maximum absolute atomic E-state index is 15.3. The van der Waals surface area contributed by atoms with Gasteiger partial charge >= 0.3 is 0 Å². The molecule has 0 atom stereocenters. The summed E-state index contributed by atoms with van der Waals surface area (Å²) >= 11 is 0. The molecule has 0 N–H and O–H groups in total. The fourth-order valence-corrected chi connectivity index (χ4v) is 8.60. The highest BCUT2D eigenvalue weighted by Crippen LogP contribution is 2.41. The molecule has 0 saturated heterocycles. The third kappa shape index (κ3) is 7.47. The van der Waals surface area contributed by atoms with E-state index >= 15 is 9.59 Å². The predicted molar refractivity (Wildman–Crippen MR) is 254 cm³/mol. The quantitative estimate of drug-likeness (QED) is 0.167. The van der Waals surface area contributed by atoms with Crippen molar-refractivity contribution >= 4 is 44.3 Å². The van der Waals surface area contributed by atoms with Crippen LogP contribution in [0.3, 0.4) is 0 Å². The van der Waals surface area contributed by atoms with Crippen molar-refractivity contribution in [3.63, 3.8) is 0 Å². The lowest BCUT2D eigenvalue weighted by molar-refractivity contribution is -0.129. The monoisotopic (exact) mass is 786 g/mol. The Balaban J connectivity index is 1.51. The smallest absolute Gasteiger partial charge is 0.234 e. The van der Waals surface area contributed by atoms with E-state index in [1.54, 1.807) is 0 Å². The van der Waals surface area contributed by atoms with Crippen molar-refractivity contribution in [1.82, 2.24) is 0 Å². The van der Waals surface area contributed by atoms with E-state index in [1.165, 1.54) is 22.3 Å². The number of hydrogen-bond donors (Lipinski definition) is 0. The summed E-state index contributed by atoms with van der Waals surface area (Å²) in [6.07, 6.45) is 0. The highest BCUT2D eigenvalue weighted by molar-refractivity contribution is 6.66. The van der Waals surface area contributed by atoms with Crippen LogP contribution < -0.4 is 10.4 Å². The average Bonchev–Trinajstić information content (AvgIpc) is 3.19. The van der Waals surface area contributed by atoms with Crippen LogP contribution in [0.1, 0.15) is 116 Å². The largest absolute Gasteiger partial charge is 0.285 e. The van der Waals surface area contributed by atoms with Crippen LogP contribution >= 0.6 is 0 Å². The van der Waals surface area contributed by atoms with Crippen LogP contribution in [0.4, 0.5) is 0 Å². The van der Waals surface area contributed by atoms with E-state index < -0.39 is 11.6 Å². The number of ketones is 2. The minimum absolute atomic E-state index is 0.106.